The predicted molar refractivity (Wildman–Crippen MR) is 66.1 cm³/mol. The molecule has 0 aliphatic rings. The van der Waals surface area contributed by atoms with Gasteiger partial charge in [0.1, 0.15) is 0 Å². The summed E-state index contributed by atoms with van der Waals surface area (Å²) in [6.45, 7) is 3.56. The fourth-order valence-corrected chi connectivity index (χ4v) is 2.28. The quantitative estimate of drug-likeness (QED) is 0.861. The zero-order chi connectivity index (χ0) is 11.8. The predicted octanol–water partition coefficient (Wildman–Crippen LogP) is 2.24. The van der Waals surface area contributed by atoms with Crippen molar-refractivity contribution in [2.75, 3.05) is 10.5 Å². The summed E-state index contributed by atoms with van der Waals surface area (Å²) in [5.74, 6) is 0.0762. The highest BCUT2D eigenvalue weighted by molar-refractivity contribution is 7.92. The van der Waals surface area contributed by atoms with Crippen molar-refractivity contribution < 1.29 is 8.42 Å². The molecule has 0 fully saturated rings. The van der Waals surface area contributed by atoms with Gasteiger partial charge in [0, 0.05) is 16.6 Å². The maximum absolute atomic E-state index is 11.5. The van der Waals surface area contributed by atoms with E-state index >= 15 is 0 Å². The van der Waals surface area contributed by atoms with Crippen LogP contribution in [0.1, 0.15) is 12.6 Å². The van der Waals surface area contributed by atoms with Crippen molar-refractivity contribution in [3.8, 4) is 0 Å². The monoisotopic (exact) mass is 238 g/mol. The molecule has 16 heavy (non-hydrogen) atoms. The molecule has 1 aromatic heterocycles. The fourth-order valence-electron chi connectivity index (χ4n) is 1.62. The third-order valence-electron chi connectivity index (χ3n) is 2.44. The summed E-state index contributed by atoms with van der Waals surface area (Å²) >= 11 is 0. The standard InChI is InChI=1S/C11H14N2O2S/c1-3-16(14,15)13-11-6-4-5-10-9(11)7-8(2)12-10/h4-7,12-13H,3H2,1-2H3. The van der Waals surface area contributed by atoms with Gasteiger partial charge in [-0.3, -0.25) is 4.72 Å². The third kappa shape index (κ3) is 2.04. The second kappa shape index (κ2) is 3.83. The van der Waals surface area contributed by atoms with E-state index < -0.39 is 10.0 Å². The molecule has 0 amide bonds. The number of sulfonamides is 1. The molecule has 1 aromatic carbocycles. The van der Waals surface area contributed by atoms with Gasteiger partial charge in [-0.25, -0.2) is 8.42 Å². The van der Waals surface area contributed by atoms with Gasteiger partial charge in [0.05, 0.1) is 11.4 Å². The number of fused-ring (bicyclic) bond motifs is 1. The summed E-state index contributed by atoms with van der Waals surface area (Å²) in [6, 6.07) is 7.45. The number of H-pyrrole nitrogens is 1. The minimum absolute atomic E-state index is 0.0762. The Kier molecular flexibility index (Phi) is 2.63. The summed E-state index contributed by atoms with van der Waals surface area (Å²) in [7, 11) is -3.22. The summed E-state index contributed by atoms with van der Waals surface area (Å²) < 4.78 is 25.6. The lowest BCUT2D eigenvalue weighted by Gasteiger charge is -2.06. The molecule has 2 aromatic rings. The van der Waals surface area contributed by atoms with Crippen LogP contribution in [-0.4, -0.2) is 19.2 Å². The van der Waals surface area contributed by atoms with Crippen LogP contribution < -0.4 is 4.72 Å². The number of hydrogen-bond acceptors (Lipinski definition) is 2. The van der Waals surface area contributed by atoms with E-state index in [4.69, 9.17) is 0 Å². The van der Waals surface area contributed by atoms with E-state index in [1.807, 2.05) is 25.1 Å². The number of aromatic nitrogens is 1. The molecule has 0 aliphatic carbocycles. The average Bonchev–Trinajstić information content (AvgIpc) is 2.59. The summed E-state index contributed by atoms with van der Waals surface area (Å²) in [6.07, 6.45) is 0. The minimum atomic E-state index is -3.22. The van der Waals surface area contributed by atoms with Gasteiger partial charge in [0.15, 0.2) is 0 Å². The van der Waals surface area contributed by atoms with E-state index in [0.29, 0.717) is 5.69 Å². The maximum atomic E-state index is 11.5. The highest BCUT2D eigenvalue weighted by Gasteiger charge is 2.10. The van der Waals surface area contributed by atoms with Gasteiger partial charge in [-0.1, -0.05) is 6.07 Å². The lowest BCUT2D eigenvalue weighted by atomic mass is 10.2. The first-order chi connectivity index (χ1) is 7.52. The SMILES string of the molecule is CCS(=O)(=O)Nc1cccc2[nH]c(C)cc12. The van der Waals surface area contributed by atoms with Crippen LogP contribution in [0.15, 0.2) is 24.3 Å². The molecule has 0 bridgehead atoms. The van der Waals surface area contributed by atoms with Crippen molar-refractivity contribution in [2.24, 2.45) is 0 Å². The third-order valence-corrected chi connectivity index (χ3v) is 3.74. The van der Waals surface area contributed by atoms with Crippen LogP contribution in [0.2, 0.25) is 0 Å². The Morgan fingerprint density at radius 1 is 1.38 bits per heavy atom. The first-order valence-electron chi connectivity index (χ1n) is 5.10. The number of anilines is 1. The second-order valence-corrected chi connectivity index (χ2v) is 5.74. The zero-order valence-electron chi connectivity index (χ0n) is 9.24. The Labute approximate surface area is 94.7 Å². The van der Waals surface area contributed by atoms with Crippen molar-refractivity contribution >= 4 is 26.6 Å². The molecule has 86 valence electrons. The van der Waals surface area contributed by atoms with Crippen LogP contribution in [0.4, 0.5) is 5.69 Å². The Balaban J connectivity index is 2.52. The molecule has 0 unspecified atom stereocenters. The first kappa shape index (κ1) is 11.0. The summed E-state index contributed by atoms with van der Waals surface area (Å²) in [5, 5.41) is 0.900. The lowest BCUT2D eigenvalue weighted by molar-refractivity contribution is 0.602. The highest BCUT2D eigenvalue weighted by Crippen LogP contribution is 2.24. The van der Waals surface area contributed by atoms with E-state index in [-0.39, 0.29) is 5.75 Å². The number of nitrogens with one attached hydrogen (secondary N) is 2. The molecule has 0 saturated heterocycles. The average molecular weight is 238 g/mol. The summed E-state index contributed by atoms with van der Waals surface area (Å²) in [5.41, 5.74) is 2.58. The van der Waals surface area contributed by atoms with Gasteiger partial charge in [0.2, 0.25) is 10.0 Å². The number of benzene rings is 1. The van der Waals surface area contributed by atoms with Gasteiger partial charge < -0.3 is 4.98 Å². The number of aromatic amines is 1. The number of hydrogen-bond donors (Lipinski definition) is 2. The highest BCUT2D eigenvalue weighted by atomic mass is 32.2. The van der Waals surface area contributed by atoms with Gasteiger partial charge >= 0.3 is 0 Å². The van der Waals surface area contributed by atoms with E-state index in [0.717, 1.165) is 16.6 Å². The number of aryl methyl sites for hydroxylation is 1. The van der Waals surface area contributed by atoms with Crippen LogP contribution in [0.3, 0.4) is 0 Å². The van der Waals surface area contributed by atoms with Crippen molar-refractivity contribution in [3.63, 3.8) is 0 Å². The van der Waals surface area contributed by atoms with Crippen LogP contribution in [0.25, 0.3) is 10.9 Å². The van der Waals surface area contributed by atoms with Crippen LogP contribution in [0, 0.1) is 6.92 Å². The van der Waals surface area contributed by atoms with E-state index in [9.17, 15) is 8.42 Å². The Hall–Kier alpha value is -1.49. The fraction of sp³-hybridized carbons (Fsp3) is 0.273. The molecule has 0 radical (unpaired) electrons. The van der Waals surface area contributed by atoms with Crippen molar-refractivity contribution in [1.29, 1.82) is 0 Å². The normalized spacial score (nSPS) is 11.9. The van der Waals surface area contributed by atoms with Gasteiger partial charge in [-0.2, -0.15) is 0 Å². The Morgan fingerprint density at radius 3 is 2.81 bits per heavy atom. The molecule has 1 heterocycles. The Morgan fingerprint density at radius 2 is 2.12 bits per heavy atom. The molecule has 5 heteroatoms. The minimum Gasteiger partial charge on any atom is -0.359 e. The van der Waals surface area contributed by atoms with E-state index in [2.05, 4.69) is 9.71 Å². The first-order valence-corrected chi connectivity index (χ1v) is 6.76. The van der Waals surface area contributed by atoms with E-state index in [1.54, 1.807) is 13.0 Å². The second-order valence-electron chi connectivity index (χ2n) is 3.72. The zero-order valence-corrected chi connectivity index (χ0v) is 10.1. The molecule has 0 atom stereocenters. The topological polar surface area (TPSA) is 62.0 Å². The molecule has 0 aliphatic heterocycles. The van der Waals surface area contributed by atoms with Crippen LogP contribution in [0.5, 0.6) is 0 Å². The maximum Gasteiger partial charge on any atom is 0.232 e. The molecular formula is C11H14N2O2S. The molecule has 2 N–H and O–H groups in total. The lowest BCUT2D eigenvalue weighted by Crippen LogP contribution is -2.14. The van der Waals surface area contributed by atoms with E-state index in [1.165, 1.54) is 0 Å². The molecule has 0 saturated carbocycles. The molecular weight excluding hydrogens is 224 g/mol. The van der Waals surface area contributed by atoms with Gasteiger partial charge in [0.25, 0.3) is 0 Å². The van der Waals surface area contributed by atoms with Gasteiger partial charge in [-0.05, 0) is 32.0 Å². The van der Waals surface area contributed by atoms with Crippen molar-refractivity contribution in [3.05, 3.63) is 30.0 Å². The molecule has 2 rings (SSSR count). The van der Waals surface area contributed by atoms with Crippen molar-refractivity contribution in [2.45, 2.75) is 13.8 Å². The van der Waals surface area contributed by atoms with Crippen molar-refractivity contribution in [1.82, 2.24) is 4.98 Å². The Bertz CT molecular complexity index is 614. The van der Waals surface area contributed by atoms with Crippen LogP contribution >= 0.6 is 0 Å². The van der Waals surface area contributed by atoms with Gasteiger partial charge in [-0.15, -0.1) is 0 Å². The summed E-state index contributed by atoms with van der Waals surface area (Å²) in [4.78, 5) is 3.17. The smallest absolute Gasteiger partial charge is 0.232 e. The number of rotatable bonds is 3. The largest absolute Gasteiger partial charge is 0.359 e. The van der Waals surface area contributed by atoms with Crippen LogP contribution in [-0.2, 0) is 10.0 Å². The molecule has 0 spiro atoms. The molecule has 4 nitrogen and oxygen atoms in total.